The summed E-state index contributed by atoms with van der Waals surface area (Å²) in [5.41, 5.74) is 0. The van der Waals surface area contributed by atoms with E-state index in [0.29, 0.717) is 0 Å². The van der Waals surface area contributed by atoms with Crippen molar-refractivity contribution in [1.82, 2.24) is 0 Å². The van der Waals surface area contributed by atoms with Gasteiger partial charge in [-0.05, 0) is 0 Å². The summed E-state index contributed by atoms with van der Waals surface area (Å²) in [5.74, 6) is -0.966. The third-order valence-corrected chi connectivity index (χ3v) is 0.203. The zero-order chi connectivity index (χ0) is 5.70. The van der Waals surface area contributed by atoms with Gasteiger partial charge in [-0.2, -0.15) is 0 Å². The molecular formula is C2HBN2O2. The van der Waals surface area contributed by atoms with Gasteiger partial charge < -0.3 is 0 Å². The van der Waals surface area contributed by atoms with Gasteiger partial charge >= 0.3 is 0 Å². The van der Waals surface area contributed by atoms with Crippen molar-refractivity contribution in [2.75, 3.05) is 0 Å². The molecule has 0 aromatic heterocycles. The molecule has 0 saturated carbocycles. The molecule has 0 aromatic rings. The lowest BCUT2D eigenvalue weighted by molar-refractivity contribution is -0.107. The fourth-order valence-electron chi connectivity index (χ4n) is 0.0805. The predicted molar refractivity (Wildman–Crippen MR) is 22.1 cm³/mol. The molecule has 0 aromatic carbocycles. The first-order chi connectivity index (χ1) is 3.27. The van der Waals surface area contributed by atoms with Crippen LogP contribution in [-0.2, 0) is 4.79 Å². The third kappa shape index (κ3) is 5.00. The van der Waals surface area contributed by atoms with Crippen molar-refractivity contribution >= 4 is 20.1 Å². The topological polar surface area (TPSA) is 58.9 Å². The van der Waals surface area contributed by atoms with Crippen LogP contribution < -0.4 is 0 Å². The molecule has 4 nitrogen and oxygen atoms in total. The van der Waals surface area contributed by atoms with Crippen molar-refractivity contribution in [2.45, 2.75) is 0 Å². The van der Waals surface area contributed by atoms with Crippen LogP contribution in [0.3, 0.4) is 0 Å². The van der Waals surface area contributed by atoms with E-state index in [-0.39, 0.29) is 6.41 Å². The molecule has 7 heavy (non-hydrogen) atoms. The van der Waals surface area contributed by atoms with Crippen molar-refractivity contribution in [1.29, 1.82) is 0 Å². The molecule has 34 valence electrons. The highest BCUT2D eigenvalue weighted by Crippen LogP contribution is 1.68. The summed E-state index contributed by atoms with van der Waals surface area (Å²) >= 11 is 0. The maximum absolute atomic E-state index is 9.56. The van der Waals surface area contributed by atoms with E-state index >= 15 is 0 Å². The van der Waals surface area contributed by atoms with E-state index in [0.717, 1.165) is 0 Å². The van der Waals surface area contributed by atoms with Crippen LogP contribution in [0.1, 0.15) is 0 Å². The molecule has 0 saturated heterocycles. The van der Waals surface area contributed by atoms with E-state index in [1.165, 1.54) is 0 Å². The Balaban J connectivity index is 3.46. The highest BCUT2D eigenvalue weighted by Gasteiger charge is 1.78. The van der Waals surface area contributed by atoms with E-state index in [9.17, 15) is 9.59 Å². The quantitative estimate of drug-likeness (QED) is 0.259. The zero-order valence-corrected chi connectivity index (χ0v) is 3.37. The first-order valence-electron chi connectivity index (χ1n) is 1.41. The Kier molecular flexibility index (Phi) is 2.75. The van der Waals surface area contributed by atoms with Crippen molar-refractivity contribution in [3.8, 4) is 0 Å². The summed E-state index contributed by atoms with van der Waals surface area (Å²) < 4.78 is 0. The molecule has 0 atom stereocenters. The van der Waals surface area contributed by atoms with Crippen LogP contribution in [0.4, 0.5) is 4.79 Å². The SMILES string of the molecule is [B]C(=O)N=NC=O. The van der Waals surface area contributed by atoms with Gasteiger partial charge in [0.1, 0.15) is 0 Å². The Morgan fingerprint density at radius 1 is 1.71 bits per heavy atom. The smallest absolute Gasteiger partial charge is 0.252 e. The van der Waals surface area contributed by atoms with E-state index in [4.69, 9.17) is 0 Å². The highest BCUT2D eigenvalue weighted by atomic mass is 16.2. The van der Waals surface area contributed by atoms with Gasteiger partial charge in [0.15, 0.2) is 0 Å². The molecule has 0 aliphatic heterocycles. The van der Waals surface area contributed by atoms with Crippen molar-refractivity contribution < 1.29 is 9.59 Å². The Morgan fingerprint density at radius 3 is 2.43 bits per heavy atom. The first-order valence-corrected chi connectivity index (χ1v) is 1.41. The standard InChI is InChI=1S/C2HBN2O2/c3-2(7)5-4-1-6/h1H. The van der Waals surface area contributed by atoms with Gasteiger partial charge in [0.05, 0.1) is 0 Å². The lowest BCUT2D eigenvalue weighted by Gasteiger charge is -1.67. The average molecular weight is 95.9 g/mol. The number of azo groups is 1. The van der Waals surface area contributed by atoms with Gasteiger partial charge in [-0.15, -0.1) is 10.2 Å². The Bertz CT molecular complexity index is 110. The highest BCUT2D eigenvalue weighted by molar-refractivity contribution is 6.57. The third-order valence-electron chi connectivity index (χ3n) is 0.203. The van der Waals surface area contributed by atoms with Crippen LogP contribution >= 0.6 is 0 Å². The molecule has 0 aliphatic rings. The minimum absolute atomic E-state index is 0.130. The van der Waals surface area contributed by atoms with Gasteiger partial charge in [0, 0.05) is 0 Å². The fourth-order valence-corrected chi connectivity index (χ4v) is 0.0805. The normalized spacial score (nSPS) is 9.14. The van der Waals surface area contributed by atoms with E-state index < -0.39 is 5.81 Å². The maximum Gasteiger partial charge on any atom is 0.252 e. The monoisotopic (exact) mass is 96.0 g/mol. The average Bonchev–Trinajstić information content (AvgIpc) is 1.61. The Morgan fingerprint density at radius 2 is 2.29 bits per heavy atom. The lowest BCUT2D eigenvalue weighted by atomic mass is 10.1. The second-order valence-corrected chi connectivity index (χ2v) is 0.659. The number of carbonyl (C=O) groups is 2. The molecule has 2 amide bonds. The van der Waals surface area contributed by atoms with E-state index in [1.807, 2.05) is 0 Å². The van der Waals surface area contributed by atoms with Crippen molar-refractivity contribution in [3.05, 3.63) is 0 Å². The number of nitrogens with zero attached hydrogens (tertiary/aromatic N) is 2. The van der Waals surface area contributed by atoms with Gasteiger partial charge in [-0.3, -0.25) is 9.59 Å². The predicted octanol–water partition coefficient (Wildman–Crippen LogP) is -0.116. The molecule has 0 spiro atoms. The minimum Gasteiger partial charge on any atom is -0.285 e. The summed E-state index contributed by atoms with van der Waals surface area (Å²) in [5, 5.41) is 5.28. The van der Waals surface area contributed by atoms with E-state index in [1.54, 1.807) is 0 Å². The molecule has 0 N–H and O–H groups in total. The van der Waals surface area contributed by atoms with Crippen LogP contribution in [0.25, 0.3) is 0 Å². The fraction of sp³-hybridized carbons (Fsp3) is 0. The van der Waals surface area contributed by atoms with E-state index in [2.05, 4.69) is 18.1 Å². The van der Waals surface area contributed by atoms with Crippen LogP contribution in [0, 0.1) is 0 Å². The Hall–Kier alpha value is -0.995. The molecule has 5 heteroatoms. The second kappa shape index (κ2) is 3.20. The lowest BCUT2D eigenvalue weighted by Crippen LogP contribution is -1.82. The zero-order valence-electron chi connectivity index (χ0n) is 3.37. The molecule has 0 fully saturated rings. The molecule has 0 unspecified atom stereocenters. The molecule has 0 heterocycles. The molecule has 2 radical (unpaired) electrons. The largest absolute Gasteiger partial charge is 0.285 e. The van der Waals surface area contributed by atoms with Crippen molar-refractivity contribution in [2.24, 2.45) is 10.2 Å². The van der Waals surface area contributed by atoms with Crippen molar-refractivity contribution in [3.63, 3.8) is 0 Å². The number of carbonyl (C=O) groups excluding carboxylic acids is 2. The van der Waals surface area contributed by atoms with Gasteiger partial charge in [-0.25, -0.2) is 0 Å². The number of hydrogen-bond acceptors (Lipinski definition) is 2. The molecular weight excluding hydrogens is 94.8 g/mol. The summed E-state index contributed by atoms with van der Waals surface area (Å²) in [4.78, 5) is 18.8. The molecule has 0 bridgehead atoms. The number of rotatable bonds is 1. The van der Waals surface area contributed by atoms with Gasteiger partial charge in [0.25, 0.3) is 6.41 Å². The summed E-state index contributed by atoms with van der Waals surface area (Å²) in [7, 11) is 4.42. The molecule has 0 rings (SSSR count). The summed E-state index contributed by atoms with van der Waals surface area (Å²) in [6.45, 7) is 0. The number of amides is 2. The van der Waals surface area contributed by atoms with Crippen LogP contribution in [0.2, 0.25) is 0 Å². The van der Waals surface area contributed by atoms with Crippen LogP contribution in [-0.4, -0.2) is 20.1 Å². The molecule has 0 aliphatic carbocycles. The van der Waals surface area contributed by atoms with Gasteiger partial charge in [-0.1, -0.05) is 0 Å². The maximum atomic E-state index is 9.56. The first kappa shape index (κ1) is 6.00. The second-order valence-electron chi connectivity index (χ2n) is 0.659. The minimum atomic E-state index is -0.966. The summed E-state index contributed by atoms with van der Waals surface area (Å²) in [6, 6.07) is 0. The number of hydrogen-bond donors (Lipinski definition) is 0. The Labute approximate surface area is 41.0 Å². The van der Waals surface area contributed by atoms with Gasteiger partial charge in [0.2, 0.25) is 13.7 Å². The summed E-state index contributed by atoms with van der Waals surface area (Å²) in [6.07, 6.45) is 0.130. The van der Waals surface area contributed by atoms with Crippen LogP contribution in [0.15, 0.2) is 10.2 Å². The van der Waals surface area contributed by atoms with Crippen LogP contribution in [0.5, 0.6) is 0 Å².